The Labute approximate surface area is 221 Å². The van der Waals surface area contributed by atoms with Gasteiger partial charge in [-0.1, -0.05) is 60.2 Å². The molecule has 1 heterocycles. The van der Waals surface area contributed by atoms with Gasteiger partial charge in [-0.15, -0.1) is 0 Å². The highest BCUT2D eigenvalue weighted by molar-refractivity contribution is 6.30. The molecule has 0 spiro atoms. The quantitative estimate of drug-likeness (QED) is 0.279. The summed E-state index contributed by atoms with van der Waals surface area (Å²) in [5.74, 6) is -3.33. The number of nitrogen functional groups attached to an aromatic ring is 1. The lowest BCUT2D eigenvalue weighted by Crippen LogP contribution is -2.43. The van der Waals surface area contributed by atoms with E-state index in [-0.39, 0.29) is 31.8 Å². The monoisotopic (exact) mass is 524 g/mol. The van der Waals surface area contributed by atoms with E-state index in [1.54, 1.807) is 24.3 Å². The third-order valence-electron chi connectivity index (χ3n) is 6.48. The van der Waals surface area contributed by atoms with Crippen LogP contribution in [0.2, 0.25) is 5.02 Å². The van der Waals surface area contributed by atoms with Crippen LogP contribution in [0.25, 0.3) is 6.08 Å². The van der Waals surface area contributed by atoms with Crippen LogP contribution in [0.1, 0.15) is 29.9 Å². The van der Waals surface area contributed by atoms with Crippen molar-refractivity contribution in [1.82, 2.24) is 4.90 Å². The number of para-hydroxylation sites is 2. The van der Waals surface area contributed by atoms with Gasteiger partial charge in [-0.25, -0.2) is 8.78 Å². The van der Waals surface area contributed by atoms with Crippen LogP contribution in [0.5, 0.6) is 0 Å². The Bertz CT molecular complexity index is 1210. The minimum absolute atomic E-state index is 0.187. The van der Waals surface area contributed by atoms with Crippen LogP contribution >= 0.6 is 11.6 Å². The summed E-state index contributed by atoms with van der Waals surface area (Å²) >= 11 is 5.96. The Balaban J connectivity index is 1.43. The van der Waals surface area contributed by atoms with Crippen molar-refractivity contribution < 1.29 is 13.6 Å². The van der Waals surface area contributed by atoms with E-state index in [4.69, 9.17) is 17.3 Å². The molecule has 4 rings (SSSR count). The fraction of sp³-hybridized carbons (Fsp3) is 0.276. The summed E-state index contributed by atoms with van der Waals surface area (Å²) < 4.78 is 27.3. The number of carbonyl (C=O) groups is 1. The summed E-state index contributed by atoms with van der Waals surface area (Å²) in [4.78, 5) is 15.2. The maximum atomic E-state index is 13.7. The van der Waals surface area contributed by atoms with E-state index in [1.807, 2.05) is 65.6 Å². The number of halogens is 3. The Morgan fingerprint density at radius 1 is 1.03 bits per heavy atom. The number of nitrogens with one attached hydrogen (secondary N) is 2. The lowest BCUT2D eigenvalue weighted by atomic mass is 9.94. The predicted molar refractivity (Wildman–Crippen MR) is 148 cm³/mol. The third kappa shape index (κ3) is 7.78. The summed E-state index contributed by atoms with van der Waals surface area (Å²) in [6, 6.07) is 22.2. The van der Waals surface area contributed by atoms with Crippen molar-refractivity contribution >= 4 is 40.6 Å². The topological polar surface area (TPSA) is 70.4 Å². The zero-order chi connectivity index (χ0) is 26.3. The van der Waals surface area contributed by atoms with E-state index in [0.29, 0.717) is 29.5 Å². The highest BCUT2D eigenvalue weighted by atomic mass is 35.5. The van der Waals surface area contributed by atoms with Gasteiger partial charge in [-0.05, 0) is 47.5 Å². The van der Waals surface area contributed by atoms with Crippen LogP contribution in [0.15, 0.2) is 78.9 Å². The summed E-state index contributed by atoms with van der Waals surface area (Å²) in [7, 11) is 0. The number of piperidine rings is 1. The van der Waals surface area contributed by atoms with Crippen molar-refractivity contribution in [3.05, 3.63) is 95.0 Å². The number of rotatable bonds is 9. The van der Waals surface area contributed by atoms with Crippen molar-refractivity contribution in [2.75, 3.05) is 42.5 Å². The van der Waals surface area contributed by atoms with Gasteiger partial charge in [-0.3, -0.25) is 4.79 Å². The number of amides is 1. The van der Waals surface area contributed by atoms with Gasteiger partial charge in [0, 0.05) is 49.7 Å². The van der Waals surface area contributed by atoms with Gasteiger partial charge in [-0.2, -0.15) is 0 Å². The SMILES string of the molecule is Nc1ccccc1NCC=Cc1ccc(C(CN2CCC(F)(F)CC2)C(=O)Nc2ccc(Cl)cc2)cc1. The molecule has 1 fully saturated rings. The number of nitrogens with two attached hydrogens (primary N) is 1. The standard InChI is InChI=1S/C29H31ClF2N4O/c30-23-11-13-24(14-12-23)35-28(37)25(20-36-18-15-29(31,32)16-19-36)22-9-7-21(8-10-22)4-3-17-34-27-6-2-1-5-26(27)33/h1-14,25,34H,15-20,33H2,(H,35,37). The van der Waals surface area contributed by atoms with Gasteiger partial charge in [0.05, 0.1) is 17.3 Å². The highest BCUT2D eigenvalue weighted by Gasteiger charge is 2.35. The first-order valence-electron chi connectivity index (χ1n) is 12.3. The maximum Gasteiger partial charge on any atom is 0.250 e. The molecule has 3 aromatic rings. The van der Waals surface area contributed by atoms with Crippen molar-refractivity contribution in [1.29, 1.82) is 0 Å². The molecule has 194 valence electrons. The van der Waals surface area contributed by atoms with Gasteiger partial charge < -0.3 is 21.3 Å². The van der Waals surface area contributed by atoms with Crippen molar-refractivity contribution in [2.45, 2.75) is 24.7 Å². The summed E-state index contributed by atoms with van der Waals surface area (Å²) in [5.41, 5.74) is 9.98. The second kappa shape index (κ2) is 12.2. The molecule has 1 amide bonds. The molecule has 0 aliphatic carbocycles. The van der Waals surface area contributed by atoms with Crippen LogP contribution in [-0.2, 0) is 4.79 Å². The minimum atomic E-state index is -2.63. The minimum Gasteiger partial charge on any atom is -0.397 e. The first kappa shape index (κ1) is 26.6. The highest BCUT2D eigenvalue weighted by Crippen LogP contribution is 2.30. The van der Waals surface area contributed by atoms with Crippen LogP contribution < -0.4 is 16.4 Å². The van der Waals surface area contributed by atoms with Gasteiger partial charge in [0.25, 0.3) is 5.92 Å². The van der Waals surface area contributed by atoms with Crippen molar-refractivity contribution in [3.63, 3.8) is 0 Å². The Morgan fingerprint density at radius 2 is 1.70 bits per heavy atom. The average molecular weight is 525 g/mol. The van der Waals surface area contributed by atoms with Gasteiger partial charge >= 0.3 is 0 Å². The maximum absolute atomic E-state index is 13.7. The van der Waals surface area contributed by atoms with Gasteiger partial charge in [0.15, 0.2) is 0 Å². The number of nitrogens with zero attached hydrogens (tertiary/aromatic N) is 1. The van der Waals surface area contributed by atoms with Crippen LogP contribution in [0.4, 0.5) is 25.8 Å². The van der Waals surface area contributed by atoms with E-state index in [2.05, 4.69) is 10.6 Å². The Kier molecular flexibility index (Phi) is 8.79. The molecule has 5 nitrogen and oxygen atoms in total. The van der Waals surface area contributed by atoms with Crippen LogP contribution in [0, 0.1) is 0 Å². The summed E-state index contributed by atoms with van der Waals surface area (Å²) in [6.45, 7) is 1.50. The van der Waals surface area contributed by atoms with Crippen molar-refractivity contribution in [2.24, 2.45) is 0 Å². The van der Waals surface area contributed by atoms with Crippen molar-refractivity contribution in [3.8, 4) is 0 Å². The number of alkyl halides is 2. The fourth-order valence-corrected chi connectivity index (χ4v) is 4.41. The molecule has 0 saturated carbocycles. The van der Waals surface area contributed by atoms with E-state index in [0.717, 1.165) is 16.8 Å². The second-order valence-electron chi connectivity index (χ2n) is 9.24. The number of hydrogen-bond acceptors (Lipinski definition) is 4. The second-order valence-corrected chi connectivity index (χ2v) is 9.68. The fourth-order valence-electron chi connectivity index (χ4n) is 4.28. The molecule has 4 N–H and O–H groups in total. The number of anilines is 3. The molecule has 8 heteroatoms. The molecule has 1 saturated heterocycles. The lowest BCUT2D eigenvalue weighted by Gasteiger charge is -2.33. The third-order valence-corrected chi connectivity index (χ3v) is 6.73. The number of carbonyl (C=O) groups excluding carboxylic acids is 1. The predicted octanol–water partition coefficient (Wildman–Crippen LogP) is 6.50. The Hall–Kier alpha value is -3.42. The smallest absolute Gasteiger partial charge is 0.250 e. The molecule has 0 aromatic heterocycles. The zero-order valence-corrected chi connectivity index (χ0v) is 21.2. The van der Waals surface area contributed by atoms with Crippen LogP contribution in [0.3, 0.4) is 0 Å². The summed E-state index contributed by atoms with van der Waals surface area (Å²) in [6.07, 6.45) is 3.61. The molecule has 0 radical (unpaired) electrons. The van der Waals surface area contributed by atoms with Gasteiger partial charge in [0.2, 0.25) is 5.91 Å². The number of benzene rings is 3. The lowest BCUT2D eigenvalue weighted by molar-refractivity contribution is -0.118. The first-order chi connectivity index (χ1) is 17.8. The van der Waals surface area contributed by atoms with Crippen LogP contribution in [-0.4, -0.2) is 42.9 Å². The molecule has 1 atom stereocenters. The molecular formula is C29H31ClF2N4O. The number of hydrogen-bond donors (Lipinski definition) is 3. The molecule has 3 aromatic carbocycles. The van der Waals surface area contributed by atoms with E-state index < -0.39 is 11.8 Å². The zero-order valence-electron chi connectivity index (χ0n) is 20.5. The van der Waals surface area contributed by atoms with E-state index >= 15 is 0 Å². The first-order valence-corrected chi connectivity index (χ1v) is 12.7. The van der Waals surface area contributed by atoms with Gasteiger partial charge in [0.1, 0.15) is 0 Å². The molecule has 0 bridgehead atoms. The molecule has 37 heavy (non-hydrogen) atoms. The summed E-state index contributed by atoms with van der Waals surface area (Å²) in [5, 5.41) is 6.80. The largest absolute Gasteiger partial charge is 0.397 e. The average Bonchev–Trinajstić information content (AvgIpc) is 2.89. The number of likely N-dealkylation sites (tertiary alicyclic amines) is 1. The molecule has 1 aliphatic rings. The normalized spacial score (nSPS) is 16.4. The molecule has 1 aliphatic heterocycles. The molecule has 1 unspecified atom stereocenters. The molecular weight excluding hydrogens is 494 g/mol. The van der Waals surface area contributed by atoms with E-state index in [9.17, 15) is 13.6 Å². The Morgan fingerprint density at radius 3 is 2.38 bits per heavy atom. The van der Waals surface area contributed by atoms with E-state index in [1.165, 1.54) is 0 Å².